The van der Waals surface area contributed by atoms with Crippen LogP contribution in [0.15, 0.2) is 47.1 Å². The van der Waals surface area contributed by atoms with Gasteiger partial charge in [-0.25, -0.2) is 0 Å². The van der Waals surface area contributed by atoms with Crippen LogP contribution >= 0.6 is 0 Å². The summed E-state index contributed by atoms with van der Waals surface area (Å²) in [6, 6.07) is 11.4. The highest BCUT2D eigenvalue weighted by atomic mass is 16.5. The van der Waals surface area contributed by atoms with Crippen molar-refractivity contribution in [1.29, 1.82) is 0 Å². The molecule has 1 aliphatic carbocycles. The Labute approximate surface area is 160 Å². The molecular weight excluding hydrogens is 356 g/mol. The van der Waals surface area contributed by atoms with Gasteiger partial charge in [0.25, 0.3) is 5.89 Å². The number of para-hydroxylation sites is 1. The van der Waals surface area contributed by atoms with Gasteiger partial charge in [-0.15, -0.1) is 10.2 Å². The summed E-state index contributed by atoms with van der Waals surface area (Å²) in [6.07, 6.45) is 4.19. The Balaban J connectivity index is 1.35. The molecule has 1 aliphatic rings. The number of anilines is 1. The molecule has 8 nitrogen and oxygen atoms in total. The molecule has 1 amide bonds. The smallest absolute Gasteiger partial charge is 0.258 e. The summed E-state index contributed by atoms with van der Waals surface area (Å²) in [7, 11) is 0. The van der Waals surface area contributed by atoms with Crippen LogP contribution in [0.4, 0.5) is 5.69 Å². The summed E-state index contributed by atoms with van der Waals surface area (Å²) < 4.78 is 7.16. The van der Waals surface area contributed by atoms with E-state index in [1.807, 2.05) is 49.5 Å². The maximum absolute atomic E-state index is 12.4. The van der Waals surface area contributed by atoms with Gasteiger partial charge in [-0.1, -0.05) is 23.4 Å². The minimum Gasteiger partial charge on any atom is -0.334 e. The fourth-order valence-corrected chi connectivity index (χ4v) is 3.10. The van der Waals surface area contributed by atoms with E-state index in [0.29, 0.717) is 23.3 Å². The fraction of sp³-hybridized carbons (Fsp3) is 0.250. The van der Waals surface area contributed by atoms with E-state index < -0.39 is 0 Å². The molecule has 1 fully saturated rings. The Hall–Kier alpha value is -3.55. The first-order chi connectivity index (χ1) is 13.7. The number of aryl methyl sites for hydroxylation is 1. The number of nitrogens with zero attached hydrogens (tertiary/aromatic N) is 5. The van der Waals surface area contributed by atoms with E-state index in [1.54, 1.807) is 4.40 Å². The lowest BCUT2D eigenvalue weighted by Gasteiger charge is -2.07. The first-order valence-electron chi connectivity index (χ1n) is 9.20. The maximum Gasteiger partial charge on any atom is 0.258 e. The van der Waals surface area contributed by atoms with Crippen LogP contribution in [0, 0.1) is 6.92 Å². The Morgan fingerprint density at radius 3 is 2.93 bits per heavy atom. The quantitative estimate of drug-likeness (QED) is 0.576. The molecule has 1 aromatic carbocycles. The lowest BCUT2D eigenvalue weighted by atomic mass is 10.2. The van der Waals surface area contributed by atoms with Crippen molar-refractivity contribution in [2.24, 2.45) is 0 Å². The SMILES string of the molecule is Cc1ccccc1NC(=O)Cc1nnc2cc(-c3nc(C4CC4)no3)ccn12. The average Bonchev–Trinajstić information content (AvgIpc) is 3.29. The summed E-state index contributed by atoms with van der Waals surface area (Å²) in [4.78, 5) is 16.9. The standard InChI is InChI=1S/C20H18N6O2/c1-12-4-2-3-5-15(12)21-18(27)11-17-24-23-16-10-14(8-9-26(16)17)20-22-19(25-28-20)13-6-7-13/h2-5,8-10,13H,6-7,11H2,1H3,(H,21,27). The van der Waals surface area contributed by atoms with Crippen LogP contribution in [0.25, 0.3) is 17.1 Å². The molecule has 0 saturated heterocycles. The van der Waals surface area contributed by atoms with Gasteiger partial charge in [-0.2, -0.15) is 4.98 Å². The number of fused-ring (bicyclic) bond motifs is 1. The Morgan fingerprint density at radius 1 is 1.25 bits per heavy atom. The van der Waals surface area contributed by atoms with Crippen molar-refractivity contribution < 1.29 is 9.32 Å². The van der Waals surface area contributed by atoms with Crippen molar-refractivity contribution in [2.75, 3.05) is 5.32 Å². The molecule has 28 heavy (non-hydrogen) atoms. The number of carbonyl (C=O) groups is 1. The number of hydrogen-bond donors (Lipinski definition) is 1. The van der Waals surface area contributed by atoms with Gasteiger partial charge in [0.05, 0.1) is 6.42 Å². The second-order valence-electron chi connectivity index (χ2n) is 7.03. The second kappa shape index (κ2) is 6.56. The summed E-state index contributed by atoms with van der Waals surface area (Å²) in [5, 5.41) is 15.3. The predicted octanol–water partition coefficient (Wildman–Crippen LogP) is 3.15. The van der Waals surface area contributed by atoms with E-state index in [1.165, 1.54) is 0 Å². The highest BCUT2D eigenvalue weighted by Crippen LogP contribution is 2.38. The van der Waals surface area contributed by atoms with E-state index in [0.717, 1.165) is 35.5 Å². The number of amides is 1. The second-order valence-corrected chi connectivity index (χ2v) is 7.03. The van der Waals surface area contributed by atoms with E-state index in [4.69, 9.17) is 4.52 Å². The van der Waals surface area contributed by atoms with Crippen LogP contribution in [0.2, 0.25) is 0 Å². The number of nitrogens with one attached hydrogen (secondary N) is 1. The van der Waals surface area contributed by atoms with Gasteiger partial charge in [0, 0.05) is 23.4 Å². The molecule has 0 spiro atoms. The first-order valence-corrected chi connectivity index (χ1v) is 9.20. The first kappa shape index (κ1) is 16.6. The predicted molar refractivity (Wildman–Crippen MR) is 102 cm³/mol. The van der Waals surface area contributed by atoms with Crippen molar-refractivity contribution in [3.05, 3.63) is 59.8 Å². The molecule has 1 N–H and O–H groups in total. The minimum atomic E-state index is -0.140. The normalized spacial score (nSPS) is 13.8. The molecule has 0 unspecified atom stereocenters. The van der Waals surface area contributed by atoms with E-state index >= 15 is 0 Å². The molecular formula is C20H18N6O2. The van der Waals surface area contributed by atoms with Gasteiger partial charge in [0.2, 0.25) is 5.91 Å². The third kappa shape index (κ3) is 3.13. The number of rotatable bonds is 5. The fourth-order valence-electron chi connectivity index (χ4n) is 3.10. The van der Waals surface area contributed by atoms with Crippen molar-refractivity contribution in [1.82, 2.24) is 24.7 Å². The van der Waals surface area contributed by atoms with Crippen molar-refractivity contribution >= 4 is 17.2 Å². The van der Waals surface area contributed by atoms with Crippen LogP contribution in [0.3, 0.4) is 0 Å². The van der Waals surface area contributed by atoms with Crippen molar-refractivity contribution in [2.45, 2.75) is 32.1 Å². The van der Waals surface area contributed by atoms with Gasteiger partial charge in [-0.05, 0) is 43.5 Å². The van der Waals surface area contributed by atoms with Crippen LogP contribution in [-0.2, 0) is 11.2 Å². The molecule has 3 aromatic heterocycles. The number of benzene rings is 1. The van der Waals surface area contributed by atoms with Crippen molar-refractivity contribution in [3.8, 4) is 11.5 Å². The molecule has 0 radical (unpaired) electrons. The molecule has 4 aromatic rings. The van der Waals surface area contributed by atoms with Crippen LogP contribution in [0.1, 0.15) is 36.0 Å². The van der Waals surface area contributed by atoms with Crippen LogP contribution in [0.5, 0.6) is 0 Å². The van der Waals surface area contributed by atoms with Crippen molar-refractivity contribution in [3.63, 3.8) is 0 Å². The summed E-state index contributed by atoms with van der Waals surface area (Å²) in [5.41, 5.74) is 3.22. The molecule has 0 atom stereocenters. The van der Waals surface area contributed by atoms with E-state index in [2.05, 4.69) is 25.7 Å². The Bertz CT molecular complexity index is 1170. The molecule has 5 rings (SSSR count). The monoisotopic (exact) mass is 374 g/mol. The topological polar surface area (TPSA) is 98.2 Å². The maximum atomic E-state index is 12.4. The average molecular weight is 374 g/mol. The molecule has 3 heterocycles. The van der Waals surface area contributed by atoms with Gasteiger partial charge in [0.15, 0.2) is 11.5 Å². The molecule has 8 heteroatoms. The zero-order chi connectivity index (χ0) is 19.1. The molecule has 140 valence electrons. The molecule has 1 saturated carbocycles. The highest BCUT2D eigenvalue weighted by Gasteiger charge is 2.29. The number of carbonyl (C=O) groups excluding carboxylic acids is 1. The van der Waals surface area contributed by atoms with Gasteiger partial charge < -0.3 is 9.84 Å². The largest absolute Gasteiger partial charge is 0.334 e. The van der Waals surface area contributed by atoms with Gasteiger partial charge >= 0.3 is 0 Å². The van der Waals surface area contributed by atoms with E-state index in [9.17, 15) is 4.79 Å². The highest BCUT2D eigenvalue weighted by molar-refractivity contribution is 5.92. The summed E-state index contributed by atoms with van der Waals surface area (Å²) >= 11 is 0. The number of pyridine rings is 1. The number of hydrogen-bond acceptors (Lipinski definition) is 6. The lowest BCUT2D eigenvalue weighted by Crippen LogP contribution is -2.16. The Morgan fingerprint density at radius 2 is 2.11 bits per heavy atom. The summed E-state index contributed by atoms with van der Waals surface area (Å²) in [6.45, 7) is 1.95. The Kier molecular flexibility index (Phi) is 3.89. The minimum absolute atomic E-state index is 0.126. The number of aromatic nitrogens is 5. The van der Waals surface area contributed by atoms with Gasteiger partial charge in [-0.3, -0.25) is 9.20 Å². The third-order valence-electron chi connectivity index (χ3n) is 4.85. The summed E-state index contributed by atoms with van der Waals surface area (Å²) in [5.74, 6) is 2.11. The van der Waals surface area contributed by atoms with E-state index in [-0.39, 0.29) is 12.3 Å². The third-order valence-corrected chi connectivity index (χ3v) is 4.85. The van der Waals surface area contributed by atoms with Crippen LogP contribution < -0.4 is 5.32 Å². The van der Waals surface area contributed by atoms with Crippen LogP contribution in [-0.4, -0.2) is 30.6 Å². The van der Waals surface area contributed by atoms with Gasteiger partial charge in [0.1, 0.15) is 5.82 Å². The molecule has 0 aliphatic heterocycles. The lowest BCUT2D eigenvalue weighted by molar-refractivity contribution is -0.115. The zero-order valence-electron chi connectivity index (χ0n) is 15.3. The zero-order valence-corrected chi connectivity index (χ0v) is 15.3. The molecule has 0 bridgehead atoms.